The highest BCUT2D eigenvalue weighted by atomic mass is 19.4. The molecule has 0 bridgehead atoms. The topological polar surface area (TPSA) is 77.5 Å². The molecule has 1 heterocycles. The van der Waals surface area contributed by atoms with E-state index < -0.39 is 18.7 Å². The van der Waals surface area contributed by atoms with Crippen molar-refractivity contribution in [1.82, 2.24) is 10.3 Å². The zero-order chi connectivity index (χ0) is 16.6. The molecule has 9 heteroatoms. The van der Waals surface area contributed by atoms with Gasteiger partial charge in [0.1, 0.15) is 0 Å². The molecule has 1 N–H and O–H groups in total. The van der Waals surface area contributed by atoms with Crippen molar-refractivity contribution in [2.75, 3.05) is 20.3 Å². The Morgan fingerprint density at radius 3 is 2.59 bits per heavy atom. The summed E-state index contributed by atoms with van der Waals surface area (Å²) in [5.74, 6) is -1.04. The number of alkyl halides is 3. The van der Waals surface area contributed by atoms with Crippen LogP contribution in [-0.2, 0) is 9.53 Å². The molecule has 1 aromatic heterocycles. The summed E-state index contributed by atoms with van der Waals surface area (Å²) in [7, 11) is 1.27. The van der Waals surface area contributed by atoms with E-state index in [1.807, 2.05) is 0 Å². The quantitative estimate of drug-likeness (QED) is 0.611. The van der Waals surface area contributed by atoms with Gasteiger partial charge in [-0.2, -0.15) is 13.2 Å². The van der Waals surface area contributed by atoms with E-state index in [2.05, 4.69) is 19.8 Å². The number of pyridine rings is 1. The molecule has 0 aromatic carbocycles. The molecule has 22 heavy (non-hydrogen) atoms. The maximum Gasteiger partial charge on any atom is 0.422 e. The highest BCUT2D eigenvalue weighted by molar-refractivity contribution is 5.93. The van der Waals surface area contributed by atoms with Crippen LogP contribution in [0.2, 0.25) is 0 Å². The van der Waals surface area contributed by atoms with E-state index >= 15 is 0 Å². The van der Waals surface area contributed by atoms with Crippen molar-refractivity contribution in [3.05, 3.63) is 23.9 Å². The molecule has 0 saturated heterocycles. The monoisotopic (exact) mass is 320 g/mol. The lowest BCUT2D eigenvalue weighted by molar-refractivity contribution is -0.154. The second kappa shape index (κ2) is 8.20. The van der Waals surface area contributed by atoms with Gasteiger partial charge in [0.2, 0.25) is 5.88 Å². The van der Waals surface area contributed by atoms with Gasteiger partial charge in [0.15, 0.2) is 6.61 Å². The summed E-state index contributed by atoms with van der Waals surface area (Å²) < 4.78 is 44.7. The van der Waals surface area contributed by atoms with Gasteiger partial charge in [0.25, 0.3) is 5.91 Å². The summed E-state index contributed by atoms with van der Waals surface area (Å²) >= 11 is 0. The first-order chi connectivity index (χ1) is 10.3. The number of hydrogen-bond acceptors (Lipinski definition) is 5. The molecular formula is C13H15F3N2O4. The summed E-state index contributed by atoms with van der Waals surface area (Å²) in [6.45, 7) is -1.18. The Balaban J connectivity index is 2.39. The van der Waals surface area contributed by atoms with Crippen LogP contribution in [0, 0.1) is 0 Å². The van der Waals surface area contributed by atoms with E-state index in [0.717, 1.165) is 6.20 Å². The number of nitrogens with zero attached hydrogens (tertiary/aromatic N) is 1. The minimum Gasteiger partial charge on any atom is -0.469 e. The van der Waals surface area contributed by atoms with E-state index in [9.17, 15) is 22.8 Å². The zero-order valence-electron chi connectivity index (χ0n) is 11.8. The molecule has 0 saturated carbocycles. The number of hydrogen-bond donors (Lipinski definition) is 1. The fraction of sp³-hybridized carbons (Fsp3) is 0.462. The van der Waals surface area contributed by atoms with Crippen molar-refractivity contribution in [1.29, 1.82) is 0 Å². The first-order valence-corrected chi connectivity index (χ1v) is 6.32. The molecule has 0 radical (unpaired) electrons. The molecule has 1 aromatic rings. The van der Waals surface area contributed by atoms with Crippen molar-refractivity contribution >= 4 is 11.9 Å². The highest BCUT2D eigenvalue weighted by Crippen LogP contribution is 2.16. The molecule has 0 spiro atoms. The Labute approximate surface area is 124 Å². The maximum absolute atomic E-state index is 12.0. The smallest absolute Gasteiger partial charge is 0.422 e. The average molecular weight is 320 g/mol. The lowest BCUT2D eigenvalue weighted by atomic mass is 10.2. The largest absolute Gasteiger partial charge is 0.469 e. The minimum atomic E-state index is -4.45. The van der Waals surface area contributed by atoms with E-state index in [1.54, 1.807) is 0 Å². The van der Waals surface area contributed by atoms with Crippen LogP contribution in [0.4, 0.5) is 13.2 Å². The normalized spacial score (nSPS) is 10.9. The van der Waals surface area contributed by atoms with Gasteiger partial charge in [-0.1, -0.05) is 0 Å². The van der Waals surface area contributed by atoms with E-state index in [4.69, 9.17) is 0 Å². The molecule has 0 aliphatic rings. The standard InChI is InChI=1S/C13H15F3N2O4/c1-21-11(19)3-2-6-17-12(20)9-4-5-10(18-7-9)22-8-13(14,15)16/h4-5,7H,2-3,6,8H2,1H3,(H,17,20). The molecule has 0 aliphatic heterocycles. The Hall–Kier alpha value is -2.32. The fourth-order valence-corrected chi connectivity index (χ4v) is 1.39. The van der Waals surface area contributed by atoms with E-state index in [1.165, 1.54) is 19.2 Å². The third-order valence-electron chi connectivity index (χ3n) is 2.45. The molecule has 122 valence electrons. The minimum absolute atomic E-state index is 0.178. The van der Waals surface area contributed by atoms with Crippen LogP contribution in [0.5, 0.6) is 5.88 Å². The van der Waals surface area contributed by atoms with E-state index in [0.29, 0.717) is 6.42 Å². The fourth-order valence-electron chi connectivity index (χ4n) is 1.39. The molecule has 1 amide bonds. The van der Waals surface area contributed by atoms with Gasteiger partial charge in [-0.15, -0.1) is 0 Å². The maximum atomic E-state index is 12.0. The third-order valence-corrected chi connectivity index (χ3v) is 2.45. The number of nitrogens with one attached hydrogen (secondary N) is 1. The van der Waals surface area contributed by atoms with Crippen molar-refractivity contribution in [2.24, 2.45) is 0 Å². The molecule has 6 nitrogen and oxygen atoms in total. The Bertz CT molecular complexity index is 503. The highest BCUT2D eigenvalue weighted by Gasteiger charge is 2.28. The Morgan fingerprint density at radius 1 is 1.32 bits per heavy atom. The van der Waals surface area contributed by atoms with Gasteiger partial charge in [-0.3, -0.25) is 9.59 Å². The molecular weight excluding hydrogens is 305 g/mol. The Morgan fingerprint density at radius 2 is 2.05 bits per heavy atom. The SMILES string of the molecule is COC(=O)CCCNC(=O)c1ccc(OCC(F)(F)F)nc1. The number of ether oxygens (including phenoxy) is 2. The number of esters is 1. The summed E-state index contributed by atoms with van der Waals surface area (Å²) in [5.41, 5.74) is 0.178. The van der Waals surface area contributed by atoms with E-state index in [-0.39, 0.29) is 30.4 Å². The van der Waals surface area contributed by atoms with Crippen LogP contribution >= 0.6 is 0 Å². The van der Waals surface area contributed by atoms with Crippen molar-refractivity contribution in [3.63, 3.8) is 0 Å². The second-order valence-corrected chi connectivity index (χ2v) is 4.22. The van der Waals surface area contributed by atoms with Gasteiger partial charge in [-0.25, -0.2) is 4.98 Å². The number of amides is 1. The lowest BCUT2D eigenvalue weighted by Crippen LogP contribution is -2.25. The van der Waals surface area contributed by atoms with Gasteiger partial charge < -0.3 is 14.8 Å². The third kappa shape index (κ3) is 6.91. The lowest BCUT2D eigenvalue weighted by Gasteiger charge is -2.08. The summed E-state index contributed by atoms with van der Waals surface area (Å²) in [4.78, 5) is 26.2. The van der Waals surface area contributed by atoms with Gasteiger partial charge >= 0.3 is 12.1 Å². The summed E-state index contributed by atoms with van der Waals surface area (Å²) in [6.07, 6.45) is -2.74. The molecule has 1 rings (SSSR count). The zero-order valence-corrected chi connectivity index (χ0v) is 11.8. The number of carbonyl (C=O) groups is 2. The number of methoxy groups -OCH3 is 1. The van der Waals surface area contributed by atoms with Crippen molar-refractivity contribution in [3.8, 4) is 5.88 Å². The Kier molecular flexibility index (Phi) is 6.61. The van der Waals surface area contributed by atoms with Crippen LogP contribution in [0.25, 0.3) is 0 Å². The first kappa shape index (κ1) is 17.7. The van der Waals surface area contributed by atoms with Crippen LogP contribution in [0.1, 0.15) is 23.2 Å². The second-order valence-electron chi connectivity index (χ2n) is 4.22. The first-order valence-electron chi connectivity index (χ1n) is 6.32. The number of carbonyl (C=O) groups excluding carboxylic acids is 2. The van der Waals surface area contributed by atoms with Crippen molar-refractivity contribution in [2.45, 2.75) is 19.0 Å². The summed E-state index contributed by atoms with van der Waals surface area (Å²) in [5, 5.41) is 2.55. The predicted molar refractivity (Wildman–Crippen MR) is 69.4 cm³/mol. The average Bonchev–Trinajstić information content (AvgIpc) is 2.48. The molecule has 0 fully saturated rings. The van der Waals surface area contributed by atoms with Crippen LogP contribution in [-0.4, -0.2) is 43.3 Å². The number of halogens is 3. The van der Waals surface area contributed by atoms with Gasteiger partial charge in [0.05, 0.1) is 12.7 Å². The molecule has 0 unspecified atom stereocenters. The van der Waals surface area contributed by atoms with Gasteiger partial charge in [0, 0.05) is 25.2 Å². The summed E-state index contributed by atoms with van der Waals surface area (Å²) in [6, 6.07) is 2.48. The molecule has 0 aliphatic carbocycles. The number of aromatic nitrogens is 1. The van der Waals surface area contributed by atoms with Crippen LogP contribution in [0.15, 0.2) is 18.3 Å². The van der Waals surface area contributed by atoms with Gasteiger partial charge in [-0.05, 0) is 12.5 Å². The predicted octanol–water partition coefficient (Wildman–Crippen LogP) is 1.71. The number of rotatable bonds is 7. The van der Waals surface area contributed by atoms with Crippen LogP contribution < -0.4 is 10.1 Å². The van der Waals surface area contributed by atoms with Crippen LogP contribution in [0.3, 0.4) is 0 Å². The molecule has 0 atom stereocenters. The van der Waals surface area contributed by atoms with Crippen molar-refractivity contribution < 1.29 is 32.2 Å².